The predicted octanol–water partition coefficient (Wildman–Crippen LogP) is 2.14. The SMILES string of the molecule is O=C(NCc1cccnc1)C1CC(c2ccc(Cl)o2)=NO1. The Morgan fingerprint density at radius 2 is 2.33 bits per heavy atom. The van der Waals surface area contributed by atoms with Gasteiger partial charge in [0.15, 0.2) is 11.0 Å². The maximum atomic E-state index is 12.0. The van der Waals surface area contributed by atoms with E-state index in [4.69, 9.17) is 20.9 Å². The first kappa shape index (κ1) is 13.6. The van der Waals surface area contributed by atoms with Crippen LogP contribution in [0.1, 0.15) is 17.7 Å². The lowest BCUT2D eigenvalue weighted by Gasteiger charge is -2.09. The predicted molar refractivity (Wildman–Crippen MR) is 75.8 cm³/mol. The molecule has 0 bridgehead atoms. The van der Waals surface area contributed by atoms with E-state index in [2.05, 4.69) is 15.5 Å². The Balaban J connectivity index is 1.54. The summed E-state index contributed by atoms with van der Waals surface area (Å²) in [6.45, 7) is 0.397. The van der Waals surface area contributed by atoms with Crippen molar-refractivity contribution in [3.05, 3.63) is 53.2 Å². The number of hydrogen-bond acceptors (Lipinski definition) is 5. The van der Waals surface area contributed by atoms with Crippen molar-refractivity contribution < 1.29 is 14.0 Å². The number of rotatable bonds is 4. The van der Waals surface area contributed by atoms with Gasteiger partial charge in [0.05, 0.1) is 0 Å². The number of pyridine rings is 1. The molecule has 1 amide bonds. The van der Waals surface area contributed by atoms with Gasteiger partial charge >= 0.3 is 0 Å². The Kier molecular flexibility index (Phi) is 3.87. The van der Waals surface area contributed by atoms with Gasteiger partial charge in [-0.15, -0.1) is 0 Å². The summed E-state index contributed by atoms with van der Waals surface area (Å²) in [6, 6.07) is 7.01. The Morgan fingerprint density at radius 3 is 3.05 bits per heavy atom. The van der Waals surface area contributed by atoms with E-state index in [0.29, 0.717) is 24.4 Å². The molecule has 3 rings (SSSR count). The molecule has 0 spiro atoms. The highest BCUT2D eigenvalue weighted by Crippen LogP contribution is 2.21. The van der Waals surface area contributed by atoms with Crippen molar-refractivity contribution in [3.63, 3.8) is 0 Å². The van der Waals surface area contributed by atoms with Crippen LogP contribution in [0.5, 0.6) is 0 Å². The average molecular weight is 306 g/mol. The minimum Gasteiger partial charge on any atom is -0.443 e. The number of furan rings is 1. The van der Waals surface area contributed by atoms with Crippen LogP contribution in [0.25, 0.3) is 0 Å². The standard InChI is InChI=1S/C14H12ClN3O3/c15-13-4-3-11(20-13)10-6-12(21-18-10)14(19)17-8-9-2-1-5-16-7-9/h1-5,7,12H,6,8H2,(H,17,19). The number of nitrogens with one attached hydrogen (secondary N) is 1. The van der Waals surface area contributed by atoms with E-state index in [0.717, 1.165) is 5.56 Å². The lowest BCUT2D eigenvalue weighted by Crippen LogP contribution is -2.34. The van der Waals surface area contributed by atoms with Gasteiger partial charge in [-0.3, -0.25) is 9.78 Å². The van der Waals surface area contributed by atoms with Crippen LogP contribution in [0, 0.1) is 0 Å². The molecule has 0 aliphatic carbocycles. The Labute approximate surface area is 125 Å². The molecule has 1 N–H and O–H groups in total. The molecule has 0 saturated heterocycles. The van der Waals surface area contributed by atoms with Gasteiger partial charge < -0.3 is 14.6 Å². The molecule has 1 aliphatic rings. The number of aromatic nitrogens is 1. The van der Waals surface area contributed by atoms with Crippen LogP contribution in [-0.2, 0) is 16.2 Å². The normalized spacial score (nSPS) is 17.2. The van der Waals surface area contributed by atoms with Crippen molar-refractivity contribution in [2.45, 2.75) is 19.1 Å². The minimum absolute atomic E-state index is 0.227. The van der Waals surface area contributed by atoms with Gasteiger partial charge in [0.25, 0.3) is 5.91 Å². The summed E-state index contributed by atoms with van der Waals surface area (Å²) in [6.07, 6.45) is 3.08. The third-order valence-corrected chi connectivity index (χ3v) is 3.21. The maximum Gasteiger partial charge on any atom is 0.264 e. The minimum atomic E-state index is -0.652. The van der Waals surface area contributed by atoms with Crippen LogP contribution < -0.4 is 5.32 Å². The number of carbonyl (C=O) groups excluding carboxylic acids is 1. The number of nitrogens with zero attached hydrogens (tertiary/aromatic N) is 2. The van der Waals surface area contributed by atoms with Gasteiger partial charge in [0, 0.05) is 25.4 Å². The molecule has 1 unspecified atom stereocenters. The first-order valence-corrected chi connectivity index (χ1v) is 6.75. The first-order valence-electron chi connectivity index (χ1n) is 6.37. The molecule has 0 radical (unpaired) electrons. The molecule has 1 atom stereocenters. The van der Waals surface area contributed by atoms with Crippen LogP contribution in [0.4, 0.5) is 0 Å². The van der Waals surface area contributed by atoms with Crippen LogP contribution >= 0.6 is 11.6 Å². The zero-order valence-corrected chi connectivity index (χ0v) is 11.7. The van der Waals surface area contributed by atoms with E-state index in [-0.39, 0.29) is 11.1 Å². The maximum absolute atomic E-state index is 12.0. The summed E-state index contributed by atoms with van der Waals surface area (Å²) in [5.74, 6) is 0.290. The van der Waals surface area contributed by atoms with Crippen LogP contribution in [0.15, 0.2) is 46.2 Å². The lowest BCUT2D eigenvalue weighted by atomic mass is 10.1. The van der Waals surface area contributed by atoms with Crippen molar-refractivity contribution in [3.8, 4) is 0 Å². The largest absolute Gasteiger partial charge is 0.443 e. The molecule has 2 aromatic rings. The van der Waals surface area contributed by atoms with E-state index < -0.39 is 6.10 Å². The van der Waals surface area contributed by atoms with Gasteiger partial charge in [-0.05, 0) is 35.4 Å². The van der Waals surface area contributed by atoms with Gasteiger partial charge in [-0.25, -0.2) is 0 Å². The molecule has 2 aromatic heterocycles. The number of hydrogen-bond donors (Lipinski definition) is 1. The first-order chi connectivity index (χ1) is 10.2. The van der Waals surface area contributed by atoms with E-state index in [9.17, 15) is 4.79 Å². The van der Waals surface area contributed by atoms with Crippen molar-refractivity contribution >= 4 is 23.2 Å². The summed E-state index contributed by atoms with van der Waals surface area (Å²) >= 11 is 5.71. The molecule has 3 heterocycles. The fourth-order valence-electron chi connectivity index (χ4n) is 1.94. The zero-order chi connectivity index (χ0) is 14.7. The Morgan fingerprint density at radius 1 is 1.43 bits per heavy atom. The summed E-state index contributed by atoms with van der Waals surface area (Å²) in [7, 11) is 0. The van der Waals surface area contributed by atoms with Crippen molar-refractivity contribution in [2.24, 2.45) is 5.16 Å². The monoisotopic (exact) mass is 305 g/mol. The Hall–Kier alpha value is -2.34. The van der Waals surface area contributed by atoms with E-state index >= 15 is 0 Å². The fourth-order valence-corrected chi connectivity index (χ4v) is 2.08. The van der Waals surface area contributed by atoms with Gasteiger partial charge in [0.1, 0.15) is 5.71 Å². The van der Waals surface area contributed by atoms with Crippen molar-refractivity contribution in [1.82, 2.24) is 10.3 Å². The molecule has 0 aromatic carbocycles. The van der Waals surface area contributed by atoms with Crippen LogP contribution in [0.2, 0.25) is 5.22 Å². The number of carbonyl (C=O) groups is 1. The van der Waals surface area contributed by atoms with Crippen molar-refractivity contribution in [1.29, 1.82) is 0 Å². The van der Waals surface area contributed by atoms with E-state index in [1.54, 1.807) is 24.5 Å². The van der Waals surface area contributed by atoms with Crippen molar-refractivity contribution in [2.75, 3.05) is 0 Å². The molecular weight excluding hydrogens is 294 g/mol. The zero-order valence-electron chi connectivity index (χ0n) is 11.0. The summed E-state index contributed by atoms with van der Waals surface area (Å²) in [5, 5.41) is 6.93. The van der Waals surface area contributed by atoms with Crippen LogP contribution in [0.3, 0.4) is 0 Å². The fraction of sp³-hybridized carbons (Fsp3) is 0.214. The molecule has 21 heavy (non-hydrogen) atoms. The third-order valence-electron chi connectivity index (χ3n) is 3.01. The average Bonchev–Trinajstić information content (AvgIpc) is 3.14. The van der Waals surface area contributed by atoms with Gasteiger partial charge in [-0.2, -0.15) is 0 Å². The van der Waals surface area contributed by atoms with E-state index in [1.807, 2.05) is 12.1 Å². The quantitative estimate of drug-likeness (QED) is 0.939. The molecule has 0 saturated carbocycles. The summed E-state index contributed by atoms with van der Waals surface area (Å²) < 4.78 is 5.24. The molecule has 1 aliphatic heterocycles. The lowest BCUT2D eigenvalue weighted by molar-refractivity contribution is -0.131. The topological polar surface area (TPSA) is 76.7 Å². The highest BCUT2D eigenvalue weighted by atomic mass is 35.5. The second-order valence-corrected chi connectivity index (χ2v) is 4.89. The van der Waals surface area contributed by atoms with E-state index in [1.165, 1.54) is 0 Å². The highest BCUT2D eigenvalue weighted by Gasteiger charge is 2.30. The molecule has 7 heteroatoms. The molecule has 108 valence electrons. The second-order valence-electron chi connectivity index (χ2n) is 4.52. The van der Waals surface area contributed by atoms with Gasteiger partial charge in [0.2, 0.25) is 6.10 Å². The summed E-state index contributed by atoms with van der Waals surface area (Å²) in [4.78, 5) is 21.1. The number of halogens is 1. The number of amides is 1. The second kappa shape index (κ2) is 5.97. The number of oxime groups is 1. The van der Waals surface area contributed by atoms with Crippen LogP contribution in [-0.4, -0.2) is 22.7 Å². The smallest absolute Gasteiger partial charge is 0.264 e. The summed E-state index contributed by atoms with van der Waals surface area (Å²) in [5.41, 5.74) is 1.49. The molecule has 6 nitrogen and oxygen atoms in total. The third kappa shape index (κ3) is 3.22. The highest BCUT2D eigenvalue weighted by molar-refractivity contribution is 6.29. The molecule has 0 fully saturated rings. The molecular formula is C14H12ClN3O3. The van der Waals surface area contributed by atoms with Gasteiger partial charge in [-0.1, -0.05) is 11.2 Å². The Bertz CT molecular complexity index is 669.